The second kappa shape index (κ2) is 5.77. The smallest absolute Gasteiger partial charge is 0.344 e. The zero-order valence-corrected chi connectivity index (χ0v) is 10.1. The predicted octanol–water partition coefficient (Wildman–Crippen LogP) is 3.27. The zero-order chi connectivity index (χ0) is 13.9. The van der Waals surface area contributed by atoms with E-state index in [1.165, 1.54) is 7.11 Å². The van der Waals surface area contributed by atoms with Gasteiger partial charge in [0.1, 0.15) is 17.1 Å². The summed E-state index contributed by atoms with van der Waals surface area (Å²) in [6.45, 7) is 0. The Hall–Kier alpha value is -1.69. The van der Waals surface area contributed by atoms with Crippen LogP contribution >= 0.6 is 11.6 Å². The summed E-state index contributed by atoms with van der Waals surface area (Å²) in [4.78, 5) is 11.2. The van der Waals surface area contributed by atoms with Gasteiger partial charge in [-0.2, -0.15) is 8.78 Å². The Kier molecular flexibility index (Phi) is 4.61. The Bertz CT molecular complexity index is 511. The van der Waals surface area contributed by atoms with Gasteiger partial charge in [-0.1, -0.05) is 11.6 Å². The minimum Gasteiger partial charge on any atom is -0.495 e. The SMILES string of the molecule is COC(=O)C(=C(F)F)c1cc(OC)c(Cl)cc1F. The molecule has 0 bridgehead atoms. The Morgan fingerprint density at radius 3 is 2.33 bits per heavy atom. The number of esters is 1. The number of carbonyl (C=O) groups excluding carboxylic acids is 1. The second-order valence-electron chi connectivity index (χ2n) is 3.09. The molecule has 0 unspecified atom stereocenters. The van der Waals surface area contributed by atoms with Gasteiger partial charge in [-0.05, 0) is 12.1 Å². The van der Waals surface area contributed by atoms with Crippen LogP contribution in [-0.2, 0) is 9.53 Å². The molecule has 3 nitrogen and oxygen atoms in total. The third-order valence-corrected chi connectivity index (χ3v) is 2.38. The fourth-order valence-electron chi connectivity index (χ4n) is 1.27. The molecule has 0 fully saturated rings. The first kappa shape index (κ1) is 14.4. The minimum absolute atomic E-state index is 0.0317. The molecule has 0 aliphatic rings. The summed E-state index contributed by atoms with van der Waals surface area (Å²) < 4.78 is 47.8. The summed E-state index contributed by atoms with van der Waals surface area (Å²) in [5.74, 6) is -2.46. The van der Waals surface area contributed by atoms with Crippen molar-refractivity contribution in [1.82, 2.24) is 0 Å². The number of halogens is 4. The van der Waals surface area contributed by atoms with E-state index < -0.39 is 29.0 Å². The van der Waals surface area contributed by atoms with Crippen molar-refractivity contribution in [3.8, 4) is 5.75 Å². The maximum atomic E-state index is 13.6. The molecule has 18 heavy (non-hydrogen) atoms. The number of benzene rings is 1. The first-order valence-electron chi connectivity index (χ1n) is 4.59. The maximum absolute atomic E-state index is 13.6. The summed E-state index contributed by atoms with van der Waals surface area (Å²) in [5.41, 5.74) is -1.80. The van der Waals surface area contributed by atoms with Crippen molar-refractivity contribution in [2.24, 2.45) is 0 Å². The van der Waals surface area contributed by atoms with Gasteiger partial charge in [-0.3, -0.25) is 0 Å². The summed E-state index contributed by atoms with van der Waals surface area (Å²) in [5, 5.41) is -0.0952. The number of hydrogen-bond donors (Lipinski definition) is 0. The van der Waals surface area contributed by atoms with Gasteiger partial charge in [0.25, 0.3) is 6.08 Å². The van der Waals surface area contributed by atoms with E-state index >= 15 is 0 Å². The van der Waals surface area contributed by atoms with Gasteiger partial charge in [0.15, 0.2) is 0 Å². The molecular weight excluding hydrogens is 273 g/mol. The summed E-state index contributed by atoms with van der Waals surface area (Å²) >= 11 is 5.61. The van der Waals surface area contributed by atoms with Gasteiger partial charge in [0.2, 0.25) is 0 Å². The van der Waals surface area contributed by atoms with Crippen LogP contribution in [0.5, 0.6) is 5.75 Å². The molecule has 0 atom stereocenters. The molecule has 7 heteroatoms. The molecule has 0 amide bonds. The second-order valence-corrected chi connectivity index (χ2v) is 3.50. The van der Waals surface area contributed by atoms with Crippen molar-refractivity contribution < 1.29 is 27.4 Å². The first-order chi connectivity index (χ1) is 8.42. The molecule has 0 aromatic heterocycles. The van der Waals surface area contributed by atoms with Crippen molar-refractivity contribution >= 4 is 23.1 Å². The lowest BCUT2D eigenvalue weighted by molar-refractivity contribution is -0.133. The van der Waals surface area contributed by atoms with Crippen LogP contribution in [0.2, 0.25) is 5.02 Å². The van der Waals surface area contributed by atoms with Crippen molar-refractivity contribution in [1.29, 1.82) is 0 Å². The van der Waals surface area contributed by atoms with Gasteiger partial charge >= 0.3 is 5.97 Å². The molecule has 1 aromatic carbocycles. The molecule has 0 spiro atoms. The van der Waals surface area contributed by atoms with E-state index in [-0.39, 0.29) is 10.8 Å². The molecule has 98 valence electrons. The van der Waals surface area contributed by atoms with Crippen LogP contribution in [0, 0.1) is 5.82 Å². The third-order valence-electron chi connectivity index (χ3n) is 2.09. The summed E-state index contributed by atoms with van der Waals surface area (Å²) in [6, 6.07) is 1.69. The highest BCUT2D eigenvalue weighted by molar-refractivity contribution is 6.32. The highest BCUT2D eigenvalue weighted by Gasteiger charge is 2.24. The molecule has 0 saturated carbocycles. The lowest BCUT2D eigenvalue weighted by Gasteiger charge is -2.09. The Morgan fingerprint density at radius 1 is 1.28 bits per heavy atom. The molecule has 0 aliphatic carbocycles. The quantitative estimate of drug-likeness (QED) is 0.630. The largest absolute Gasteiger partial charge is 0.495 e. The van der Waals surface area contributed by atoms with Crippen LogP contribution in [0.25, 0.3) is 5.57 Å². The molecule has 0 N–H and O–H groups in total. The standard InChI is InChI=1S/C11H8ClF3O3/c1-17-8-3-5(7(13)4-6(8)12)9(10(14)15)11(16)18-2/h3-4H,1-2H3. The zero-order valence-electron chi connectivity index (χ0n) is 9.39. The van der Waals surface area contributed by atoms with E-state index in [1.54, 1.807) is 0 Å². The van der Waals surface area contributed by atoms with E-state index in [0.717, 1.165) is 19.2 Å². The van der Waals surface area contributed by atoms with Crippen LogP contribution < -0.4 is 4.74 Å². The van der Waals surface area contributed by atoms with Gasteiger partial charge in [-0.25, -0.2) is 9.18 Å². The third kappa shape index (κ3) is 2.76. The molecular formula is C11H8ClF3O3. The van der Waals surface area contributed by atoms with E-state index in [0.29, 0.717) is 0 Å². The molecule has 1 aromatic rings. The summed E-state index contributed by atoms with van der Waals surface area (Å²) in [6.07, 6.45) is -2.36. The van der Waals surface area contributed by atoms with E-state index in [2.05, 4.69) is 4.74 Å². The van der Waals surface area contributed by atoms with Gasteiger partial charge < -0.3 is 9.47 Å². The van der Waals surface area contributed by atoms with Crippen LogP contribution in [0.1, 0.15) is 5.56 Å². The van der Waals surface area contributed by atoms with Crippen LogP contribution in [0.3, 0.4) is 0 Å². The molecule has 0 saturated heterocycles. The van der Waals surface area contributed by atoms with Crippen LogP contribution in [0.15, 0.2) is 18.2 Å². The fourth-order valence-corrected chi connectivity index (χ4v) is 1.50. The Labute approximate surface area is 106 Å². The highest BCUT2D eigenvalue weighted by atomic mass is 35.5. The van der Waals surface area contributed by atoms with Crippen LogP contribution in [-0.4, -0.2) is 20.2 Å². The van der Waals surface area contributed by atoms with Gasteiger partial charge in [0.05, 0.1) is 19.2 Å². The highest BCUT2D eigenvalue weighted by Crippen LogP contribution is 2.33. The maximum Gasteiger partial charge on any atom is 0.344 e. The first-order valence-corrected chi connectivity index (χ1v) is 4.97. The average Bonchev–Trinajstić information content (AvgIpc) is 2.31. The average molecular weight is 281 g/mol. The molecule has 0 heterocycles. The lowest BCUT2D eigenvalue weighted by Crippen LogP contribution is -2.07. The monoisotopic (exact) mass is 280 g/mol. The molecule has 0 aliphatic heterocycles. The lowest BCUT2D eigenvalue weighted by atomic mass is 10.1. The number of rotatable bonds is 3. The van der Waals surface area contributed by atoms with Gasteiger partial charge in [0, 0.05) is 5.56 Å². The van der Waals surface area contributed by atoms with Crippen molar-refractivity contribution in [3.05, 3.63) is 34.6 Å². The summed E-state index contributed by atoms with van der Waals surface area (Å²) in [7, 11) is 2.15. The predicted molar refractivity (Wildman–Crippen MR) is 59.1 cm³/mol. The van der Waals surface area contributed by atoms with Crippen molar-refractivity contribution in [2.75, 3.05) is 14.2 Å². The van der Waals surface area contributed by atoms with Gasteiger partial charge in [-0.15, -0.1) is 0 Å². The molecule has 1 rings (SSSR count). The van der Waals surface area contributed by atoms with E-state index in [1.807, 2.05) is 0 Å². The number of ether oxygens (including phenoxy) is 2. The minimum atomic E-state index is -2.36. The normalized spacial score (nSPS) is 9.89. The number of methoxy groups -OCH3 is 2. The number of carbonyl (C=O) groups is 1. The van der Waals surface area contributed by atoms with E-state index in [4.69, 9.17) is 16.3 Å². The number of hydrogen-bond acceptors (Lipinski definition) is 3. The topological polar surface area (TPSA) is 35.5 Å². The van der Waals surface area contributed by atoms with E-state index in [9.17, 15) is 18.0 Å². The van der Waals surface area contributed by atoms with Crippen molar-refractivity contribution in [2.45, 2.75) is 0 Å². The van der Waals surface area contributed by atoms with Crippen LogP contribution in [0.4, 0.5) is 13.2 Å². The Morgan fingerprint density at radius 2 is 1.89 bits per heavy atom. The van der Waals surface area contributed by atoms with Crippen molar-refractivity contribution in [3.63, 3.8) is 0 Å². The Balaban J connectivity index is 3.48. The fraction of sp³-hybridized carbons (Fsp3) is 0.182. The molecule has 0 radical (unpaired) electrons.